The van der Waals surface area contributed by atoms with E-state index < -0.39 is 25.4 Å². The van der Waals surface area contributed by atoms with Gasteiger partial charge in [-0.25, -0.2) is 16.8 Å². The molecule has 7 nitrogen and oxygen atoms in total. The third-order valence-electron chi connectivity index (χ3n) is 4.44. The molecule has 1 amide bonds. The van der Waals surface area contributed by atoms with Crippen LogP contribution in [0, 0.1) is 0 Å². The number of amides is 1. The molecule has 2 saturated heterocycles. The minimum absolute atomic E-state index is 0.0597. The maximum Gasteiger partial charge on any atom is 0.251 e. The van der Waals surface area contributed by atoms with Gasteiger partial charge >= 0.3 is 0 Å². The van der Waals surface area contributed by atoms with Gasteiger partial charge in [0.1, 0.15) is 0 Å². The third kappa shape index (κ3) is 3.41. The van der Waals surface area contributed by atoms with Gasteiger partial charge in [-0.2, -0.15) is 0 Å². The number of sulfone groups is 1. The molecule has 0 spiro atoms. The van der Waals surface area contributed by atoms with Gasteiger partial charge in [-0.3, -0.25) is 9.10 Å². The Kier molecular flexibility index (Phi) is 4.11. The number of nitrogens with one attached hydrogen (secondary N) is 1. The van der Waals surface area contributed by atoms with Crippen LogP contribution in [0.3, 0.4) is 0 Å². The third-order valence-corrected chi connectivity index (χ3v) is 8.21. The number of anilines is 1. The molecule has 1 aromatic rings. The number of hydrogen-bond acceptors (Lipinski definition) is 5. The summed E-state index contributed by atoms with van der Waals surface area (Å²) in [6.45, 7) is 2.17. The Morgan fingerprint density at radius 3 is 2.29 bits per heavy atom. The van der Waals surface area contributed by atoms with Crippen LogP contribution in [0.25, 0.3) is 0 Å². The fourth-order valence-electron chi connectivity index (χ4n) is 3.16. The normalized spacial score (nSPS) is 28.0. The first kappa shape index (κ1) is 17.2. The molecular formula is C15H20N2O5S2. The fraction of sp³-hybridized carbons (Fsp3) is 0.533. The summed E-state index contributed by atoms with van der Waals surface area (Å²) < 4.78 is 48.4. The first-order valence-corrected chi connectivity index (χ1v) is 11.2. The number of benzene rings is 1. The number of carbonyl (C=O) groups is 1. The fourth-order valence-corrected chi connectivity index (χ4v) is 6.82. The van der Waals surface area contributed by atoms with Crippen molar-refractivity contribution in [2.24, 2.45) is 0 Å². The van der Waals surface area contributed by atoms with Crippen LogP contribution in [0.4, 0.5) is 5.69 Å². The minimum atomic E-state index is -3.25. The van der Waals surface area contributed by atoms with E-state index in [2.05, 4.69) is 5.32 Å². The summed E-state index contributed by atoms with van der Waals surface area (Å²) in [5.74, 6) is -0.196. The molecule has 24 heavy (non-hydrogen) atoms. The molecular weight excluding hydrogens is 352 g/mol. The molecule has 0 aromatic heterocycles. The predicted octanol–water partition coefficient (Wildman–Crippen LogP) is 0.534. The van der Waals surface area contributed by atoms with Crippen LogP contribution in [0.15, 0.2) is 24.3 Å². The quantitative estimate of drug-likeness (QED) is 0.834. The largest absolute Gasteiger partial charge is 0.346 e. The first-order valence-electron chi connectivity index (χ1n) is 7.74. The van der Waals surface area contributed by atoms with E-state index in [0.717, 1.165) is 0 Å². The van der Waals surface area contributed by atoms with Gasteiger partial charge in [0, 0.05) is 12.1 Å². The molecule has 2 heterocycles. The molecule has 0 bridgehead atoms. The Labute approximate surface area is 142 Å². The Bertz CT molecular complexity index is 862. The van der Waals surface area contributed by atoms with E-state index in [1.54, 1.807) is 31.2 Å². The van der Waals surface area contributed by atoms with Crippen molar-refractivity contribution in [2.45, 2.75) is 25.3 Å². The Morgan fingerprint density at radius 2 is 1.79 bits per heavy atom. The van der Waals surface area contributed by atoms with E-state index in [-0.39, 0.29) is 23.2 Å². The molecule has 2 aliphatic heterocycles. The average Bonchev–Trinajstić information content (AvgIpc) is 2.97. The van der Waals surface area contributed by atoms with Gasteiger partial charge in [-0.15, -0.1) is 0 Å². The zero-order valence-electron chi connectivity index (χ0n) is 13.4. The number of carbonyl (C=O) groups excluding carboxylic acids is 1. The van der Waals surface area contributed by atoms with Gasteiger partial charge in [0.2, 0.25) is 10.0 Å². The first-order chi connectivity index (χ1) is 11.1. The molecule has 1 atom stereocenters. The highest BCUT2D eigenvalue weighted by atomic mass is 32.2. The van der Waals surface area contributed by atoms with Crippen LogP contribution in [0.5, 0.6) is 0 Å². The zero-order chi connectivity index (χ0) is 17.6. The second-order valence-corrected chi connectivity index (χ2v) is 10.8. The summed E-state index contributed by atoms with van der Waals surface area (Å²) in [5, 5.41) is 2.78. The van der Waals surface area contributed by atoms with E-state index in [1.807, 2.05) is 0 Å². The smallest absolute Gasteiger partial charge is 0.251 e. The topological polar surface area (TPSA) is 101 Å². The van der Waals surface area contributed by atoms with Crippen LogP contribution in [0.1, 0.15) is 30.1 Å². The van der Waals surface area contributed by atoms with Crippen LogP contribution in [-0.2, 0) is 19.9 Å². The summed E-state index contributed by atoms with van der Waals surface area (Å²) in [7, 11) is -6.35. The highest BCUT2D eigenvalue weighted by Gasteiger charge is 2.39. The molecule has 1 N–H and O–H groups in total. The van der Waals surface area contributed by atoms with Gasteiger partial charge in [-0.05, 0) is 44.0 Å². The molecule has 2 aliphatic rings. The SMILES string of the molecule is CC1(NC(=O)c2ccc(N3CCCS3(=O)=O)cc2)CCS(=O)(=O)C1. The average molecular weight is 372 g/mol. The standard InChI is InChI=1S/C15H20N2O5S2/c1-15(7-10-23(19,20)11-15)16-14(18)12-3-5-13(6-4-12)17-8-2-9-24(17,21)22/h3-6H,2,7-11H2,1H3,(H,16,18). The van der Waals surface area contributed by atoms with Crippen molar-refractivity contribution in [3.63, 3.8) is 0 Å². The van der Waals surface area contributed by atoms with Crippen LogP contribution >= 0.6 is 0 Å². The minimum Gasteiger partial charge on any atom is -0.346 e. The molecule has 0 aliphatic carbocycles. The second-order valence-electron chi connectivity index (χ2n) is 6.65. The van der Waals surface area contributed by atoms with E-state index in [0.29, 0.717) is 30.6 Å². The molecule has 3 rings (SSSR count). The maximum absolute atomic E-state index is 12.3. The lowest BCUT2D eigenvalue weighted by molar-refractivity contribution is 0.0915. The van der Waals surface area contributed by atoms with E-state index in [9.17, 15) is 21.6 Å². The number of nitrogens with zero attached hydrogens (tertiary/aromatic N) is 1. The van der Waals surface area contributed by atoms with Crippen molar-refractivity contribution in [2.75, 3.05) is 28.1 Å². The summed E-state index contributed by atoms with van der Waals surface area (Å²) in [4.78, 5) is 12.3. The van der Waals surface area contributed by atoms with E-state index in [4.69, 9.17) is 0 Å². The van der Waals surface area contributed by atoms with Gasteiger partial charge in [-0.1, -0.05) is 0 Å². The highest BCUT2D eigenvalue weighted by molar-refractivity contribution is 7.93. The van der Waals surface area contributed by atoms with Crippen molar-refractivity contribution in [1.82, 2.24) is 5.32 Å². The van der Waals surface area contributed by atoms with E-state index >= 15 is 0 Å². The Morgan fingerprint density at radius 1 is 1.12 bits per heavy atom. The van der Waals surface area contributed by atoms with Crippen molar-refractivity contribution < 1.29 is 21.6 Å². The van der Waals surface area contributed by atoms with Crippen LogP contribution < -0.4 is 9.62 Å². The summed E-state index contributed by atoms with van der Waals surface area (Å²) in [5.41, 5.74) is 0.159. The van der Waals surface area contributed by atoms with E-state index in [1.165, 1.54) is 4.31 Å². The molecule has 0 saturated carbocycles. The van der Waals surface area contributed by atoms with Gasteiger partial charge < -0.3 is 5.32 Å². The lowest BCUT2D eigenvalue weighted by Crippen LogP contribution is -2.46. The zero-order valence-corrected chi connectivity index (χ0v) is 15.0. The summed E-state index contributed by atoms with van der Waals surface area (Å²) in [6, 6.07) is 6.33. The van der Waals surface area contributed by atoms with Gasteiger partial charge in [0.15, 0.2) is 9.84 Å². The van der Waals surface area contributed by atoms with Crippen molar-refractivity contribution in [3.05, 3.63) is 29.8 Å². The number of rotatable bonds is 3. The van der Waals surface area contributed by atoms with Crippen molar-refractivity contribution in [3.8, 4) is 0 Å². The van der Waals surface area contributed by atoms with Crippen molar-refractivity contribution in [1.29, 1.82) is 0 Å². The molecule has 2 fully saturated rings. The maximum atomic E-state index is 12.3. The monoisotopic (exact) mass is 372 g/mol. The lowest BCUT2D eigenvalue weighted by Gasteiger charge is -2.24. The lowest BCUT2D eigenvalue weighted by atomic mass is 10.0. The Hall–Kier alpha value is -1.61. The molecule has 0 radical (unpaired) electrons. The highest BCUT2D eigenvalue weighted by Crippen LogP contribution is 2.26. The Balaban J connectivity index is 1.73. The summed E-state index contributed by atoms with van der Waals surface area (Å²) in [6.07, 6.45) is 0.989. The summed E-state index contributed by atoms with van der Waals surface area (Å²) >= 11 is 0. The van der Waals surface area contributed by atoms with Gasteiger partial charge in [0.05, 0.1) is 28.5 Å². The number of sulfonamides is 1. The molecule has 132 valence electrons. The molecule has 1 unspecified atom stereocenters. The van der Waals surface area contributed by atoms with Gasteiger partial charge in [0.25, 0.3) is 5.91 Å². The molecule has 1 aromatic carbocycles. The van der Waals surface area contributed by atoms with Crippen molar-refractivity contribution >= 4 is 31.5 Å². The molecule has 9 heteroatoms. The second kappa shape index (κ2) is 5.73. The van der Waals surface area contributed by atoms with Crippen LogP contribution in [0.2, 0.25) is 0 Å². The predicted molar refractivity (Wildman–Crippen MR) is 91.3 cm³/mol. The van der Waals surface area contributed by atoms with Crippen LogP contribution in [-0.4, -0.2) is 52.1 Å². The number of hydrogen-bond donors (Lipinski definition) is 1.